The topological polar surface area (TPSA) is 41.6 Å². The molecule has 1 amide bonds. The van der Waals surface area contributed by atoms with Crippen LogP contribution >= 0.6 is 0 Å². The molecule has 1 N–H and O–H groups in total. The molecular formula is C23H28N2O2. The first-order valence-electron chi connectivity index (χ1n) is 10.1. The second-order valence-corrected chi connectivity index (χ2v) is 7.58. The number of nitrogens with one attached hydrogen (secondary N) is 1. The Hall–Kier alpha value is -2.33. The number of carbonyl (C=O) groups excluding carboxylic acids is 1. The lowest BCUT2D eigenvalue weighted by Gasteiger charge is -2.28. The van der Waals surface area contributed by atoms with E-state index in [9.17, 15) is 4.79 Å². The zero-order valence-electron chi connectivity index (χ0n) is 16.0. The monoisotopic (exact) mass is 364 g/mol. The van der Waals surface area contributed by atoms with Crippen LogP contribution in [0.2, 0.25) is 0 Å². The molecule has 1 fully saturated rings. The molecule has 1 aliphatic carbocycles. The van der Waals surface area contributed by atoms with Crippen LogP contribution in [-0.4, -0.2) is 32.2 Å². The van der Waals surface area contributed by atoms with Gasteiger partial charge in [-0.2, -0.15) is 0 Å². The summed E-state index contributed by atoms with van der Waals surface area (Å²) in [6, 6.07) is 14.6. The highest BCUT2D eigenvalue weighted by Crippen LogP contribution is 2.25. The van der Waals surface area contributed by atoms with Crippen molar-refractivity contribution in [2.24, 2.45) is 0 Å². The number of hydrogen-bond acceptors (Lipinski definition) is 3. The molecule has 4 heteroatoms. The first-order chi connectivity index (χ1) is 13.2. The Kier molecular flexibility index (Phi) is 5.44. The van der Waals surface area contributed by atoms with Gasteiger partial charge in [-0.05, 0) is 73.6 Å². The third-order valence-electron chi connectivity index (χ3n) is 5.73. The first-order valence-corrected chi connectivity index (χ1v) is 10.1. The summed E-state index contributed by atoms with van der Waals surface area (Å²) in [4.78, 5) is 15.0. The average molecular weight is 364 g/mol. The largest absolute Gasteiger partial charge is 0.378 e. The van der Waals surface area contributed by atoms with Crippen LogP contribution in [0.5, 0.6) is 0 Å². The number of ether oxygens (including phenoxy) is 1. The van der Waals surface area contributed by atoms with E-state index in [1.807, 2.05) is 24.3 Å². The van der Waals surface area contributed by atoms with Gasteiger partial charge in [0.1, 0.15) is 0 Å². The lowest BCUT2D eigenvalue weighted by molar-refractivity contribution is 0.0940. The number of fused-ring (bicyclic) bond motifs is 1. The number of amides is 1. The van der Waals surface area contributed by atoms with Crippen LogP contribution in [0.4, 0.5) is 5.69 Å². The van der Waals surface area contributed by atoms with Crippen molar-refractivity contribution in [1.82, 2.24) is 5.32 Å². The van der Waals surface area contributed by atoms with Crippen molar-refractivity contribution in [3.8, 4) is 0 Å². The lowest BCUT2D eigenvalue weighted by atomic mass is 9.89. The molecule has 0 spiro atoms. The summed E-state index contributed by atoms with van der Waals surface area (Å²) in [6.07, 6.45) is 4.91. The van der Waals surface area contributed by atoms with Crippen LogP contribution in [-0.2, 0) is 17.6 Å². The predicted molar refractivity (Wildman–Crippen MR) is 108 cm³/mol. The lowest BCUT2D eigenvalue weighted by Crippen LogP contribution is -2.36. The zero-order chi connectivity index (χ0) is 18.6. The Bertz CT molecular complexity index is 795. The summed E-state index contributed by atoms with van der Waals surface area (Å²) in [6.45, 7) is 5.40. The van der Waals surface area contributed by atoms with E-state index >= 15 is 0 Å². The molecule has 0 bridgehead atoms. The third-order valence-corrected chi connectivity index (χ3v) is 5.73. The summed E-state index contributed by atoms with van der Waals surface area (Å²) in [7, 11) is 0. The van der Waals surface area contributed by atoms with E-state index in [2.05, 4.69) is 35.3 Å². The normalized spacial score (nSPS) is 17.9. The van der Waals surface area contributed by atoms with Crippen LogP contribution in [0.15, 0.2) is 42.5 Å². The molecule has 0 aromatic heterocycles. The summed E-state index contributed by atoms with van der Waals surface area (Å²) in [5, 5.41) is 3.15. The zero-order valence-corrected chi connectivity index (χ0v) is 16.0. The number of morpholine rings is 1. The number of carbonyl (C=O) groups is 1. The van der Waals surface area contributed by atoms with Crippen molar-refractivity contribution in [2.45, 2.75) is 38.6 Å². The smallest absolute Gasteiger partial charge is 0.251 e. The fraction of sp³-hybridized carbons (Fsp3) is 0.435. The van der Waals surface area contributed by atoms with Gasteiger partial charge >= 0.3 is 0 Å². The van der Waals surface area contributed by atoms with Gasteiger partial charge < -0.3 is 15.0 Å². The van der Waals surface area contributed by atoms with E-state index in [4.69, 9.17) is 4.74 Å². The number of rotatable bonds is 4. The van der Waals surface area contributed by atoms with Crippen molar-refractivity contribution < 1.29 is 9.53 Å². The molecule has 0 radical (unpaired) electrons. The highest BCUT2D eigenvalue weighted by Gasteiger charge is 2.16. The van der Waals surface area contributed by atoms with Gasteiger partial charge in [0.05, 0.1) is 19.3 Å². The number of nitrogens with zero attached hydrogens (tertiary/aromatic N) is 1. The van der Waals surface area contributed by atoms with Gasteiger partial charge in [0.25, 0.3) is 5.91 Å². The van der Waals surface area contributed by atoms with Crippen molar-refractivity contribution in [3.63, 3.8) is 0 Å². The average Bonchev–Trinajstić information content (AvgIpc) is 2.74. The van der Waals surface area contributed by atoms with E-state index in [0.717, 1.165) is 38.4 Å². The SMILES string of the molecule is C[C@H](NC(=O)c1ccc(N2CCOCC2)cc1)c1ccc2c(c1)CCCC2. The van der Waals surface area contributed by atoms with E-state index in [1.54, 1.807) is 0 Å². The summed E-state index contributed by atoms with van der Waals surface area (Å²) in [5.74, 6) is -0.0197. The fourth-order valence-electron chi connectivity index (χ4n) is 4.03. The van der Waals surface area contributed by atoms with Gasteiger partial charge in [-0.25, -0.2) is 0 Å². The molecule has 27 heavy (non-hydrogen) atoms. The molecule has 1 atom stereocenters. The highest BCUT2D eigenvalue weighted by atomic mass is 16.5. The molecule has 1 aliphatic heterocycles. The third kappa shape index (κ3) is 4.16. The van der Waals surface area contributed by atoms with Crippen molar-refractivity contribution >= 4 is 11.6 Å². The van der Waals surface area contributed by atoms with Gasteiger partial charge in [-0.3, -0.25) is 4.79 Å². The minimum atomic E-state index is -0.0197. The van der Waals surface area contributed by atoms with Crippen LogP contribution in [0.25, 0.3) is 0 Å². The van der Waals surface area contributed by atoms with Crippen molar-refractivity contribution in [3.05, 3.63) is 64.7 Å². The van der Waals surface area contributed by atoms with Gasteiger partial charge in [0.2, 0.25) is 0 Å². The molecule has 2 aliphatic rings. The Morgan fingerprint density at radius 2 is 1.70 bits per heavy atom. The van der Waals surface area contributed by atoms with Crippen molar-refractivity contribution in [2.75, 3.05) is 31.2 Å². The quantitative estimate of drug-likeness (QED) is 0.895. The Balaban J connectivity index is 1.40. The van der Waals surface area contributed by atoms with E-state index in [1.165, 1.54) is 36.0 Å². The Labute approximate surface area is 161 Å². The maximum atomic E-state index is 12.7. The summed E-state index contributed by atoms with van der Waals surface area (Å²) >= 11 is 0. The van der Waals surface area contributed by atoms with Crippen LogP contribution < -0.4 is 10.2 Å². The van der Waals surface area contributed by atoms with Gasteiger partial charge in [-0.1, -0.05) is 18.2 Å². The van der Waals surface area contributed by atoms with Crippen LogP contribution in [0, 0.1) is 0 Å². The second kappa shape index (κ2) is 8.13. The maximum absolute atomic E-state index is 12.7. The second-order valence-electron chi connectivity index (χ2n) is 7.58. The fourth-order valence-corrected chi connectivity index (χ4v) is 4.03. The van der Waals surface area contributed by atoms with Crippen LogP contribution in [0.3, 0.4) is 0 Å². The standard InChI is InChI=1S/C23H28N2O2/c1-17(20-7-6-18-4-2-3-5-21(18)16-20)24-23(26)19-8-10-22(11-9-19)25-12-14-27-15-13-25/h6-11,16-17H,2-5,12-15H2,1H3,(H,24,26)/t17-/m0/s1. The molecule has 1 saturated heterocycles. The Morgan fingerprint density at radius 3 is 2.44 bits per heavy atom. The van der Waals surface area contributed by atoms with E-state index in [0.29, 0.717) is 5.56 Å². The van der Waals surface area contributed by atoms with E-state index in [-0.39, 0.29) is 11.9 Å². The number of anilines is 1. The minimum Gasteiger partial charge on any atom is -0.378 e. The number of aryl methyl sites for hydroxylation is 2. The number of benzene rings is 2. The Morgan fingerprint density at radius 1 is 1.00 bits per heavy atom. The van der Waals surface area contributed by atoms with Crippen molar-refractivity contribution in [1.29, 1.82) is 0 Å². The molecule has 2 aromatic rings. The molecule has 4 rings (SSSR count). The molecule has 1 heterocycles. The van der Waals surface area contributed by atoms with E-state index < -0.39 is 0 Å². The first kappa shape index (κ1) is 18.1. The molecule has 0 saturated carbocycles. The molecule has 142 valence electrons. The van der Waals surface area contributed by atoms with Gasteiger partial charge in [0.15, 0.2) is 0 Å². The van der Waals surface area contributed by atoms with Crippen LogP contribution in [0.1, 0.15) is 52.9 Å². The predicted octanol–water partition coefficient (Wildman–Crippen LogP) is 3.89. The van der Waals surface area contributed by atoms with Gasteiger partial charge in [0, 0.05) is 24.3 Å². The minimum absolute atomic E-state index is 0.00338. The molecular weight excluding hydrogens is 336 g/mol. The maximum Gasteiger partial charge on any atom is 0.251 e. The summed E-state index contributed by atoms with van der Waals surface area (Å²) < 4.78 is 5.40. The molecule has 2 aromatic carbocycles. The summed E-state index contributed by atoms with van der Waals surface area (Å²) in [5.41, 5.74) is 5.97. The number of hydrogen-bond donors (Lipinski definition) is 1. The molecule has 4 nitrogen and oxygen atoms in total. The highest BCUT2D eigenvalue weighted by molar-refractivity contribution is 5.94. The molecule has 0 unspecified atom stereocenters. The van der Waals surface area contributed by atoms with Gasteiger partial charge in [-0.15, -0.1) is 0 Å².